The Balaban J connectivity index is 0.000000615. The highest BCUT2D eigenvalue weighted by Crippen LogP contribution is 2.44. The van der Waals surface area contributed by atoms with Crippen LogP contribution in [0.25, 0.3) is 0 Å². The monoisotopic (exact) mass is 1370 g/mol. The van der Waals surface area contributed by atoms with Gasteiger partial charge in [0.2, 0.25) is 0 Å². The Morgan fingerprint density at radius 1 is 0.348 bits per heavy atom. The first-order valence-electron chi connectivity index (χ1n) is 30.4. The van der Waals surface area contributed by atoms with E-state index < -0.39 is 163 Å². The predicted molar refractivity (Wildman–Crippen MR) is 293 cm³/mol. The van der Waals surface area contributed by atoms with Crippen molar-refractivity contribution in [3.05, 3.63) is 0 Å². The number of carbonyl (C=O) groups is 8. The van der Waals surface area contributed by atoms with Crippen LogP contribution in [0.3, 0.4) is 0 Å². The molecule has 0 spiro atoms. The van der Waals surface area contributed by atoms with Gasteiger partial charge in [-0.3, -0.25) is 38.4 Å². The molecule has 0 aromatic heterocycles. The molecule has 536 valence electrons. The van der Waals surface area contributed by atoms with Crippen molar-refractivity contribution in [1.29, 1.82) is 0 Å². The van der Waals surface area contributed by atoms with E-state index in [-0.39, 0.29) is 18.8 Å². The van der Waals surface area contributed by atoms with E-state index in [0.29, 0.717) is 103 Å². The molecule has 92 heavy (non-hydrogen) atoms. The van der Waals surface area contributed by atoms with Gasteiger partial charge in [-0.15, -0.1) is 0 Å². The Morgan fingerprint density at radius 3 is 0.739 bits per heavy atom. The van der Waals surface area contributed by atoms with E-state index in [9.17, 15) is 109 Å². The maximum atomic E-state index is 12.8. The third-order valence-electron chi connectivity index (χ3n) is 16.5. The molecule has 0 aromatic carbocycles. The van der Waals surface area contributed by atoms with Crippen LogP contribution in [0.2, 0.25) is 0 Å². The SMILES string of the molecule is CCC(C)(C)C(=O)OC1(CC(=O)OCC(F)(F)C(F)(F)F)CCCC1.CCC(C)(C)C(=O)OC1(CC(=O)OCC(F)(F)F)CCCC1.CCC(C)C(=O)OC1(CC(=O)OCC(F)(F)C(F)(F)F)CCCC1.CCC(C)C(=O)OC1(CC(=O)OCC(F)(F)F)CCCC1. The summed E-state index contributed by atoms with van der Waals surface area (Å²) >= 11 is 0. The Morgan fingerprint density at radius 2 is 0.554 bits per heavy atom. The van der Waals surface area contributed by atoms with Crippen LogP contribution >= 0.6 is 0 Å². The van der Waals surface area contributed by atoms with Crippen molar-refractivity contribution < 1.29 is 146 Å². The van der Waals surface area contributed by atoms with Crippen molar-refractivity contribution in [3.63, 3.8) is 0 Å². The molecule has 0 heterocycles. The highest BCUT2D eigenvalue weighted by Gasteiger charge is 2.60. The number of hydrogen-bond acceptors (Lipinski definition) is 16. The second-order valence-electron chi connectivity index (χ2n) is 25.3. The molecule has 0 radical (unpaired) electrons. The zero-order valence-electron chi connectivity index (χ0n) is 53.5. The van der Waals surface area contributed by atoms with Crippen molar-refractivity contribution in [2.75, 3.05) is 26.4 Å². The minimum Gasteiger partial charge on any atom is -0.459 e. The van der Waals surface area contributed by atoms with Gasteiger partial charge in [-0.25, -0.2) is 0 Å². The van der Waals surface area contributed by atoms with Crippen LogP contribution in [0.4, 0.5) is 70.2 Å². The summed E-state index contributed by atoms with van der Waals surface area (Å²) in [6, 6.07) is 0. The van der Waals surface area contributed by atoms with E-state index in [0.717, 1.165) is 25.7 Å². The van der Waals surface area contributed by atoms with Crippen LogP contribution < -0.4 is 0 Å². The van der Waals surface area contributed by atoms with Crippen LogP contribution in [-0.2, 0) is 76.3 Å². The average molecular weight is 1370 g/mol. The Labute approximate surface area is 524 Å². The standard InChI is InChI=1S/C16H23F5O4.C15H21F5O4.C15H23F3O4.C14H21F3O4/c1-4-13(2,3)12(23)25-14(7-5-6-8-14)9-11(22)24-10-15(17,18)16(19,20)21;1-3-10(2)12(22)24-13(6-4-5-7-13)8-11(21)23-9-14(16,17)15(18,19)20;1-4-13(2,3)12(20)22-14(7-5-6-8-14)9-11(19)21-10-15(16,17)18;1-3-10(2)12(19)21-13(6-4-5-7-13)8-11(18)20-9-14(15,16)17/h4-10H2,1-3H3;10H,3-9H2,1-2H3;4-10H2,1-3H3;10H,3-9H2,1-2H3. The van der Waals surface area contributed by atoms with Gasteiger partial charge >= 0.3 is 84.3 Å². The fourth-order valence-corrected chi connectivity index (χ4v) is 9.34. The molecule has 32 heteroatoms. The molecular formula is C60H88F16O16. The van der Waals surface area contributed by atoms with E-state index in [4.69, 9.17) is 18.9 Å². The smallest absolute Gasteiger partial charge is 0.456 e. The lowest BCUT2D eigenvalue weighted by Gasteiger charge is -2.32. The summed E-state index contributed by atoms with van der Waals surface area (Å²) in [6.45, 7) is 10.0. The van der Waals surface area contributed by atoms with E-state index in [1.807, 2.05) is 13.8 Å². The Kier molecular flexibility index (Phi) is 32.1. The van der Waals surface area contributed by atoms with Gasteiger partial charge in [-0.2, -0.15) is 70.2 Å². The number of hydrogen-bond donors (Lipinski definition) is 0. The summed E-state index contributed by atoms with van der Waals surface area (Å²) in [4.78, 5) is 94.9. The Bertz CT molecular complexity index is 2380. The van der Waals surface area contributed by atoms with Crippen molar-refractivity contribution >= 4 is 47.8 Å². The van der Waals surface area contributed by atoms with Gasteiger partial charge in [-0.1, -0.05) is 41.5 Å². The molecule has 0 amide bonds. The third-order valence-corrected chi connectivity index (χ3v) is 16.5. The first-order chi connectivity index (χ1) is 41.8. The number of halogens is 16. The lowest BCUT2D eigenvalue weighted by Crippen LogP contribution is -2.43. The highest BCUT2D eigenvalue weighted by atomic mass is 19.4. The number of alkyl halides is 16. The number of esters is 8. The van der Waals surface area contributed by atoms with E-state index in [1.165, 1.54) is 0 Å². The van der Waals surface area contributed by atoms with E-state index in [2.05, 4.69) is 18.9 Å². The summed E-state index contributed by atoms with van der Waals surface area (Å²) in [7, 11) is 0. The minimum atomic E-state index is -5.80. The van der Waals surface area contributed by atoms with Gasteiger partial charge < -0.3 is 37.9 Å². The van der Waals surface area contributed by atoms with Gasteiger partial charge in [0.15, 0.2) is 26.4 Å². The summed E-state index contributed by atoms with van der Waals surface area (Å²) in [6.07, 6.45) is -11.2. The van der Waals surface area contributed by atoms with Crippen LogP contribution in [-0.4, -0.2) is 133 Å². The third kappa shape index (κ3) is 29.1. The molecule has 4 fully saturated rings. The quantitative estimate of drug-likeness (QED) is 0.0448. The highest BCUT2D eigenvalue weighted by molar-refractivity contribution is 5.79. The maximum Gasteiger partial charge on any atom is 0.456 e. The molecule has 4 aliphatic carbocycles. The Hall–Kier alpha value is -5.36. The summed E-state index contributed by atoms with van der Waals surface area (Å²) in [5.74, 6) is -17.3. The summed E-state index contributed by atoms with van der Waals surface area (Å²) < 4.78 is 234. The molecule has 0 saturated heterocycles. The summed E-state index contributed by atoms with van der Waals surface area (Å²) in [5.41, 5.74) is -5.87. The molecule has 0 bridgehead atoms. The predicted octanol–water partition coefficient (Wildman–Crippen LogP) is 15.6. The van der Waals surface area contributed by atoms with Crippen LogP contribution in [0.15, 0.2) is 0 Å². The molecule has 0 N–H and O–H groups in total. The molecule has 0 aromatic rings. The summed E-state index contributed by atoms with van der Waals surface area (Å²) in [5, 5.41) is 0. The minimum absolute atomic E-state index is 0.298. The second-order valence-corrected chi connectivity index (χ2v) is 25.3. The van der Waals surface area contributed by atoms with Crippen molar-refractivity contribution in [2.45, 2.75) is 282 Å². The van der Waals surface area contributed by atoms with Gasteiger partial charge in [0.1, 0.15) is 22.4 Å². The van der Waals surface area contributed by atoms with Gasteiger partial charge in [0.05, 0.1) is 48.3 Å². The zero-order chi connectivity index (χ0) is 71.2. The van der Waals surface area contributed by atoms with E-state index >= 15 is 0 Å². The number of carbonyl (C=O) groups excluding carboxylic acids is 8. The normalized spacial score (nSPS) is 18.5. The molecule has 4 rings (SSSR count). The topological polar surface area (TPSA) is 210 Å². The number of rotatable bonds is 26. The van der Waals surface area contributed by atoms with Crippen molar-refractivity contribution in [3.8, 4) is 0 Å². The van der Waals surface area contributed by atoms with Gasteiger partial charge in [0, 0.05) is 0 Å². The lowest BCUT2D eigenvalue weighted by molar-refractivity contribution is -0.294. The molecule has 2 atom stereocenters. The fraction of sp³-hybridized carbons (Fsp3) is 0.867. The molecule has 4 saturated carbocycles. The second kappa shape index (κ2) is 34.9. The first-order valence-corrected chi connectivity index (χ1v) is 30.4. The fourth-order valence-electron chi connectivity index (χ4n) is 9.34. The maximum absolute atomic E-state index is 12.8. The largest absolute Gasteiger partial charge is 0.459 e. The number of ether oxygens (including phenoxy) is 8. The van der Waals surface area contributed by atoms with Crippen LogP contribution in [0, 0.1) is 22.7 Å². The van der Waals surface area contributed by atoms with Crippen LogP contribution in [0.1, 0.15) is 223 Å². The van der Waals surface area contributed by atoms with Crippen molar-refractivity contribution in [2.24, 2.45) is 22.7 Å². The molecule has 2 unspecified atom stereocenters. The molecular weight excluding hydrogens is 1280 g/mol. The molecule has 16 nitrogen and oxygen atoms in total. The molecule has 4 aliphatic rings. The first kappa shape index (κ1) is 84.7. The zero-order valence-corrected chi connectivity index (χ0v) is 53.5. The van der Waals surface area contributed by atoms with Crippen LogP contribution in [0.5, 0.6) is 0 Å². The molecule has 0 aliphatic heterocycles. The lowest BCUT2D eigenvalue weighted by atomic mass is 9.89. The van der Waals surface area contributed by atoms with E-state index in [1.54, 1.807) is 55.4 Å². The average Bonchev–Trinajstić information content (AvgIpc) is 1.58. The van der Waals surface area contributed by atoms with Gasteiger partial charge in [-0.05, 0) is 156 Å². The van der Waals surface area contributed by atoms with Crippen molar-refractivity contribution in [1.82, 2.24) is 0 Å². The van der Waals surface area contributed by atoms with Gasteiger partial charge in [0.25, 0.3) is 0 Å².